The lowest BCUT2D eigenvalue weighted by molar-refractivity contribution is -0.137. The van der Waals surface area contributed by atoms with Gasteiger partial charge in [0.2, 0.25) is 0 Å². The van der Waals surface area contributed by atoms with E-state index in [1.165, 1.54) is 21.3 Å². The Hall–Kier alpha value is -3.04. The second-order valence-electron chi connectivity index (χ2n) is 7.09. The number of carboxylic acids is 1. The molecule has 30 heavy (non-hydrogen) atoms. The van der Waals surface area contributed by atoms with Crippen molar-refractivity contribution in [1.82, 2.24) is 9.78 Å². The molecule has 0 fully saturated rings. The quantitative estimate of drug-likeness (QED) is 0.581. The Labute approximate surface area is 175 Å². The number of rotatable bonds is 6. The lowest BCUT2D eigenvalue weighted by atomic mass is 9.92. The third-order valence-electron chi connectivity index (χ3n) is 5.26. The Morgan fingerprint density at radius 1 is 1.27 bits per heavy atom. The average molecular weight is 429 g/mol. The van der Waals surface area contributed by atoms with E-state index in [1.54, 1.807) is 24.3 Å². The summed E-state index contributed by atoms with van der Waals surface area (Å²) in [6, 6.07) is 13.0. The Kier molecular flexibility index (Phi) is 5.65. The fraction of sp³-hybridized carbons (Fsp3) is 0.238. The van der Waals surface area contributed by atoms with Crippen LogP contribution in [-0.2, 0) is 29.0 Å². The van der Waals surface area contributed by atoms with E-state index in [0.717, 1.165) is 5.69 Å². The van der Waals surface area contributed by atoms with Gasteiger partial charge in [0.15, 0.2) is 0 Å². The summed E-state index contributed by atoms with van der Waals surface area (Å²) in [5.41, 5.74) is 2.81. The summed E-state index contributed by atoms with van der Waals surface area (Å²) in [6.07, 6.45) is 3.43. The molecule has 0 spiro atoms. The average Bonchev–Trinajstić information content (AvgIpc) is 3.12. The molecule has 1 heterocycles. The minimum atomic E-state index is -2.41. The second-order valence-corrected chi connectivity index (χ2v) is 7.95. The monoisotopic (exact) mass is 429 g/mol. The van der Waals surface area contributed by atoms with E-state index in [4.69, 9.17) is 5.11 Å². The minimum Gasteiger partial charge on any atom is -0.480 e. The van der Waals surface area contributed by atoms with Crippen LogP contribution in [0.2, 0.25) is 0 Å². The number of anilines is 1. The smallest absolute Gasteiger partial charge is 0.325 e. The van der Waals surface area contributed by atoms with Gasteiger partial charge in [-0.2, -0.15) is 5.10 Å². The predicted octanol–water partition coefficient (Wildman–Crippen LogP) is 3.79. The van der Waals surface area contributed by atoms with Crippen LogP contribution in [0, 0.1) is 5.82 Å². The number of aliphatic carboxylic acids is 1. The minimum absolute atomic E-state index is 0.273. The molecule has 1 aliphatic rings. The van der Waals surface area contributed by atoms with Gasteiger partial charge in [-0.25, -0.2) is 8.60 Å². The molecule has 0 bridgehead atoms. The molecule has 3 aromatic rings. The first kappa shape index (κ1) is 20.2. The van der Waals surface area contributed by atoms with Crippen molar-refractivity contribution in [3.8, 4) is 11.1 Å². The third-order valence-corrected chi connectivity index (χ3v) is 6.06. The van der Waals surface area contributed by atoms with E-state index in [0.29, 0.717) is 36.0 Å². The molecular weight excluding hydrogens is 409 g/mol. The van der Waals surface area contributed by atoms with Gasteiger partial charge in [-0.15, -0.1) is 0 Å². The molecule has 2 unspecified atom stereocenters. The molecular formula is C21H20FN3O4S. The van der Waals surface area contributed by atoms with Gasteiger partial charge in [0, 0.05) is 16.8 Å². The number of aromatic nitrogens is 2. The van der Waals surface area contributed by atoms with E-state index in [-0.39, 0.29) is 12.2 Å². The number of hydrogen-bond acceptors (Lipinski definition) is 3. The lowest BCUT2D eigenvalue weighted by Gasteiger charge is -2.33. The largest absolute Gasteiger partial charge is 0.480 e. The summed E-state index contributed by atoms with van der Waals surface area (Å²) in [6.45, 7) is -0.273. The van der Waals surface area contributed by atoms with Crippen LogP contribution in [-0.4, -0.2) is 29.6 Å². The van der Waals surface area contributed by atoms with E-state index in [9.17, 15) is 17.9 Å². The number of nitrogens with zero attached hydrogens (tertiary/aromatic N) is 3. The lowest BCUT2D eigenvalue weighted by Crippen LogP contribution is -2.33. The Morgan fingerprint density at radius 2 is 2.03 bits per heavy atom. The molecule has 156 valence electrons. The zero-order chi connectivity index (χ0) is 21.3. The maximum absolute atomic E-state index is 14.9. The van der Waals surface area contributed by atoms with Crippen molar-refractivity contribution in [1.29, 1.82) is 0 Å². The molecule has 2 aromatic carbocycles. The van der Waals surface area contributed by atoms with E-state index < -0.39 is 29.1 Å². The zero-order valence-electron chi connectivity index (χ0n) is 15.9. The number of hydrogen-bond donors (Lipinski definition) is 2. The Morgan fingerprint density at radius 3 is 2.70 bits per heavy atom. The van der Waals surface area contributed by atoms with Gasteiger partial charge in [-0.05, 0) is 43.0 Å². The van der Waals surface area contributed by atoms with Crippen molar-refractivity contribution in [3.63, 3.8) is 0 Å². The van der Waals surface area contributed by atoms with Crippen molar-refractivity contribution in [2.24, 2.45) is 0 Å². The summed E-state index contributed by atoms with van der Waals surface area (Å²) < 4.78 is 39.8. The number of halogens is 1. The number of carbonyl (C=O) groups is 1. The fourth-order valence-corrected chi connectivity index (χ4v) is 4.71. The Bertz CT molecular complexity index is 1100. The molecule has 0 aliphatic heterocycles. The van der Waals surface area contributed by atoms with Crippen LogP contribution < -0.4 is 4.31 Å². The first-order valence-electron chi connectivity index (χ1n) is 9.47. The molecule has 0 saturated heterocycles. The molecule has 1 aliphatic carbocycles. The third kappa shape index (κ3) is 3.86. The van der Waals surface area contributed by atoms with Crippen LogP contribution in [0.1, 0.15) is 30.1 Å². The summed E-state index contributed by atoms with van der Waals surface area (Å²) in [4.78, 5) is 11.1. The van der Waals surface area contributed by atoms with Crippen LogP contribution >= 0.6 is 0 Å². The predicted molar refractivity (Wildman–Crippen MR) is 111 cm³/mol. The van der Waals surface area contributed by atoms with Gasteiger partial charge in [0.1, 0.15) is 12.4 Å². The zero-order valence-corrected chi connectivity index (χ0v) is 16.8. The van der Waals surface area contributed by atoms with Crippen LogP contribution in [0.4, 0.5) is 10.1 Å². The van der Waals surface area contributed by atoms with Crippen molar-refractivity contribution in [2.45, 2.75) is 31.8 Å². The molecule has 0 radical (unpaired) electrons. The van der Waals surface area contributed by atoms with E-state index in [1.807, 2.05) is 18.2 Å². The molecule has 9 heteroatoms. The molecule has 7 nitrogen and oxygen atoms in total. The molecule has 0 saturated carbocycles. The normalized spacial score (nSPS) is 16.7. The van der Waals surface area contributed by atoms with E-state index >= 15 is 0 Å². The van der Waals surface area contributed by atoms with Crippen LogP contribution in [0.15, 0.2) is 54.7 Å². The van der Waals surface area contributed by atoms with Crippen molar-refractivity contribution >= 4 is 22.9 Å². The highest BCUT2D eigenvalue weighted by molar-refractivity contribution is 7.80. The van der Waals surface area contributed by atoms with E-state index in [2.05, 4.69) is 5.10 Å². The highest BCUT2D eigenvalue weighted by Crippen LogP contribution is 2.39. The maximum atomic E-state index is 14.9. The van der Waals surface area contributed by atoms with Crippen molar-refractivity contribution in [3.05, 3.63) is 71.8 Å². The number of benzene rings is 2. The second kappa shape index (κ2) is 8.37. The highest BCUT2D eigenvalue weighted by atomic mass is 32.2. The van der Waals surface area contributed by atoms with Crippen LogP contribution in [0.5, 0.6) is 0 Å². The molecule has 2 atom stereocenters. The summed E-state index contributed by atoms with van der Waals surface area (Å²) in [5, 5.41) is 13.2. The van der Waals surface area contributed by atoms with Gasteiger partial charge < -0.3 is 5.11 Å². The van der Waals surface area contributed by atoms with Crippen LogP contribution in [0.25, 0.3) is 11.1 Å². The first-order valence-corrected chi connectivity index (χ1v) is 10.5. The topological polar surface area (TPSA) is 95.7 Å². The number of carboxylic acid groups (broad SMARTS) is 1. The van der Waals surface area contributed by atoms with Gasteiger partial charge in [0.25, 0.3) is 11.3 Å². The van der Waals surface area contributed by atoms with Gasteiger partial charge in [0.05, 0.1) is 17.9 Å². The van der Waals surface area contributed by atoms with Gasteiger partial charge >= 0.3 is 5.97 Å². The highest BCUT2D eigenvalue weighted by Gasteiger charge is 2.32. The van der Waals surface area contributed by atoms with Gasteiger partial charge in [-0.3, -0.25) is 18.3 Å². The fourth-order valence-electron chi connectivity index (χ4n) is 3.98. The number of fused-ring (bicyclic) bond motifs is 1. The van der Waals surface area contributed by atoms with Crippen molar-refractivity contribution < 1.29 is 23.1 Å². The summed E-state index contributed by atoms with van der Waals surface area (Å²) in [5.74, 6) is -1.50. The maximum Gasteiger partial charge on any atom is 0.325 e. The standard InChI is InChI=1S/C21H20FN3O4S/c22-18-11-15(9-10-16(18)14-5-2-1-3-6-14)25(30(28)29)20-8-4-7-19-17(20)12-23-24(19)13-21(26)27/h1-3,5-6,9-12,20H,4,7-8,13H2,(H,26,27)(H,28,29). The Balaban J connectivity index is 1.71. The van der Waals surface area contributed by atoms with Crippen molar-refractivity contribution in [2.75, 3.05) is 4.31 Å². The van der Waals surface area contributed by atoms with Crippen LogP contribution in [0.3, 0.4) is 0 Å². The SMILES string of the molecule is O=C(O)Cn1ncc2c1CCCC2N(c1ccc(-c2ccccc2)c(F)c1)S(=O)O. The molecule has 0 amide bonds. The summed E-state index contributed by atoms with van der Waals surface area (Å²) in [7, 11) is 0. The molecule has 1 aromatic heterocycles. The van der Waals surface area contributed by atoms with Gasteiger partial charge in [-0.1, -0.05) is 30.3 Å². The molecule has 4 rings (SSSR count). The first-order chi connectivity index (χ1) is 14.5. The molecule has 2 N–H and O–H groups in total. The summed E-state index contributed by atoms with van der Waals surface area (Å²) >= 11 is -2.41.